The number of rotatable bonds is 6. The number of ether oxygens (including phenoxy) is 1. The number of carbonyl (C=O) groups excluding carboxylic acids is 3. The zero-order valence-electron chi connectivity index (χ0n) is 20.6. The third kappa shape index (κ3) is 4.52. The first-order valence-electron chi connectivity index (χ1n) is 12.1. The van der Waals surface area contributed by atoms with Crippen LogP contribution in [-0.2, 0) is 26.4 Å². The number of urea groups is 1. The summed E-state index contributed by atoms with van der Waals surface area (Å²) in [7, 11) is 1.68. The van der Waals surface area contributed by atoms with Crippen LogP contribution in [0.15, 0.2) is 66.7 Å². The van der Waals surface area contributed by atoms with Gasteiger partial charge in [-0.1, -0.05) is 48.5 Å². The minimum Gasteiger partial charge on any atom is -0.378 e. The van der Waals surface area contributed by atoms with Crippen molar-refractivity contribution < 1.29 is 19.1 Å². The maximum atomic E-state index is 13.3. The zero-order chi connectivity index (χ0) is 25.3. The highest BCUT2D eigenvalue weighted by Crippen LogP contribution is 2.31. The highest BCUT2D eigenvalue weighted by molar-refractivity contribution is 6.09. The Balaban J connectivity index is 1.24. The third-order valence-electron chi connectivity index (χ3n) is 7.05. The molecule has 2 aliphatic heterocycles. The van der Waals surface area contributed by atoms with E-state index in [0.29, 0.717) is 12.1 Å². The number of morpholine rings is 1. The lowest BCUT2D eigenvalue weighted by atomic mass is 9.90. The summed E-state index contributed by atoms with van der Waals surface area (Å²) in [5.41, 5.74) is 1.56. The van der Waals surface area contributed by atoms with E-state index >= 15 is 0 Å². The topological polar surface area (TPSA) is 82.2 Å². The molecule has 186 valence electrons. The second-order valence-electron chi connectivity index (χ2n) is 9.52. The number of carbonyl (C=O) groups is 3. The molecule has 0 saturated carbocycles. The molecule has 1 atom stereocenters. The third-order valence-corrected chi connectivity index (χ3v) is 7.05. The molecule has 2 heterocycles. The van der Waals surface area contributed by atoms with Crippen molar-refractivity contribution in [3.8, 4) is 0 Å². The SMILES string of the molecule is CN(Cc1ccc(N2CCOCC2)cc1)C(=O)CN1C(=O)N[C@](C)(c2ccc3ccccc3c2)C1=O. The predicted molar refractivity (Wildman–Crippen MR) is 137 cm³/mol. The lowest BCUT2D eigenvalue weighted by Gasteiger charge is -2.29. The molecule has 8 nitrogen and oxygen atoms in total. The quantitative estimate of drug-likeness (QED) is 0.542. The fourth-order valence-corrected chi connectivity index (χ4v) is 4.79. The standard InChI is InChI=1S/C28H30N4O4/c1-28(23-10-9-21-5-3-4-6-22(21)17-23)26(34)32(27(35)29-28)19-25(33)30(2)18-20-7-11-24(12-8-20)31-13-15-36-16-14-31/h3-12,17H,13-16,18-19H2,1-2H3,(H,29,35)/t28-/m1/s1. The van der Waals surface area contributed by atoms with Gasteiger partial charge in [-0.05, 0) is 47.0 Å². The normalized spacial score (nSPS) is 20.1. The van der Waals surface area contributed by atoms with Gasteiger partial charge in [0.25, 0.3) is 5.91 Å². The highest BCUT2D eigenvalue weighted by atomic mass is 16.5. The summed E-state index contributed by atoms with van der Waals surface area (Å²) in [5.74, 6) is -0.738. The van der Waals surface area contributed by atoms with E-state index in [9.17, 15) is 14.4 Å². The van der Waals surface area contributed by atoms with E-state index in [-0.39, 0.29) is 12.5 Å². The minimum atomic E-state index is -1.23. The van der Waals surface area contributed by atoms with Gasteiger partial charge in [0.1, 0.15) is 12.1 Å². The van der Waals surface area contributed by atoms with Gasteiger partial charge in [0.05, 0.1) is 13.2 Å². The molecule has 0 aromatic heterocycles. The van der Waals surface area contributed by atoms with Crippen molar-refractivity contribution in [3.63, 3.8) is 0 Å². The molecule has 3 aromatic rings. The van der Waals surface area contributed by atoms with Crippen LogP contribution < -0.4 is 10.2 Å². The van der Waals surface area contributed by atoms with Gasteiger partial charge in [-0.3, -0.25) is 14.5 Å². The summed E-state index contributed by atoms with van der Waals surface area (Å²) >= 11 is 0. The second-order valence-corrected chi connectivity index (χ2v) is 9.52. The molecule has 0 radical (unpaired) electrons. The lowest BCUT2D eigenvalue weighted by molar-refractivity contribution is -0.138. The molecule has 2 fully saturated rings. The van der Waals surface area contributed by atoms with Gasteiger partial charge in [-0.2, -0.15) is 0 Å². The molecule has 0 spiro atoms. The van der Waals surface area contributed by atoms with Gasteiger partial charge in [-0.15, -0.1) is 0 Å². The van der Waals surface area contributed by atoms with E-state index < -0.39 is 17.5 Å². The molecule has 0 unspecified atom stereocenters. The van der Waals surface area contributed by atoms with Crippen LogP contribution in [0.2, 0.25) is 0 Å². The fourth-order valence-electron chi connectivity index (χ4n) is 4.79. The Bertz CT molecular complexity index is 1300. The summed E-state index contributed by atoms with van der Waals surface area (Å²) in [6.07, 6.45) is 0. The summed E-state index contributed by atoms with van der Waals surface area (Å²) in [5, 5.41) is 4.82. The van der Waals surface area contributed by atoms with Crippen LogP contribution >= 0.6 is 0 Å². The molecule has 5 rings (SSSR count). The number of likely N-dealkylation sites (N-methyl/N-ethyl adjacent to an activating group) is 1. The molecule has 36 heavy (non-hydrogen) atoms. The first-order valence-corrected chi connectivity index (χ1v) is 12.1. The largest absolute Gasteiger partial charge is 0.378 e. The first kappa shape index (κ1) is 23.8. The fraction of sp³-hybridized carbons (Fsp3) is 0.321. The van der Waals surface area contributed by atoms with Crippen LogP contribution in [0.4, 0.5) is 10.5 Å². The maximum absolute atomic E-state index is 13.3. The Morgan fingerprint density at radius 3 is 2.42 bits per heavy atom. The summed E-state index contributed by atoms with van der Waals surface area (Å²) in [4.78, 5) is 43.9. The summed E-state index contributed by atoms with van der Waals surface area (Å²) in [6.45, 7) is 4.93. The number of anilines is 1. The number of hydrogen-bond acceptors (Lipinski definition) is 5. The Hall–Kier alpha value is -3.91. The molecule has 4 amide bonds. The Kier molecular flexibility index (Phi) is 6.36. The number of amides is 4. The van der Waals surface area contributed by atoms with E-state index in [0.717, 1.165) is 53.2 Å². The predicted octanol–water partition coefficient (Wildman–Crippen LogP) is 3.10. The average molecular weight is 487 g/mol. The van der Waals surface area contributed by atoms with Gasteiger partial charge in [-0.25, -0.2) is 4.79 Å². The van der Waals surface area contributed by atoms with Gasteiger partial charge < -0.3 is 19.9 Å². The Morgan fingerprint density at radius 2 is 1.69 bits per heavy atom. The number of hydrogen-bond donors (Lipinski definition) is 1. The van der Waals surface area contributed by atoms with Crippen molar-refractivity contribution >= 4 is 34.3 Å². The van der Waals surface area contributed by atoms with E-state index in [1.165, 1.54) is 4.90 Å². The summed E-state index contributed by atoms with van der Waals surface area (Å²) < 4.78 is 5.41. The van der Waals surface area contributed by atoms with Gasteiger partial charge in [0.15, 0.2) is 0 Å². The van der Waals surface area contributed by atoms with Crippen molar-refractivity contribution in [2.45, 2.75) is 19.0 Å². The number of imide groups is 1. The van der Waals surface area contributed by atoms with Crippen molar-refractivity contribution in [1.82, 2.24) is 15.1 Å². The van der Waals surface area contributed by atoms with Gasteiger partial charge in [0.2, 0.25) is 5.91 Å². The average Bonchev–Trinajstić information content (AvgIpc) is 3.13. The van der Waals surface area contributed by atoms with Crippen molar-refractivity contribution in [2.24, 2.45) is 0 Å². The Morgan fingerprint density at radius 1 is 1.00 bits per heavy atom. The zero-order valence-corrected chi connectivity index (χ0v) is 20.6. The molecule has 2 saturated heterocycles. The monoisotopic (exact) mass is 486 g/mol. The number of fused-ring (bicyclic) bond motifs is 1. The lowest BCUT2D eigenvalue weighted by Crippen LogP contribution is -2.43. The minimum absolute atomic E-state index is 0.307. The molecule has 8 heteroatoms. The van der Waals surface area contributed by atoms with Crippen LogP contribution in [0, 0.1) is 0 Å². The van der Waals surface area contributed by atoms with Gasteiger partial charge >= 0.3 is 6.03 Å². The number of nitrogens with zero attached hydrogens (tertiary/aromatic N) is 3. The van der Waals surface area contributed by atoms with Crippen molar-refractivity contribution in [2.75, 3.05) is 44.8 Å². The molecular formula is C28H30N4O4. The van der Waals surface area contributed by atoms with Crippen LogP contribution in [0.3, 0.4) is 0 Å². The van der Waals surface area contributed by atoms with Crippen LogP contribution in [0.5, 0.6) is 0 Å². The maximum Gasteiger partial charge on any atom is 0.325 e. The van der Waals surface area contributed by atoms with Crippen LogP contribution in [0.25, 0.3) is 10.8 Å². The van der Waals surface area contributed by atoms with Crippen molar-refractivity contribution in [3.05, 3.63) is 77.9 Å². The van der Waals surface area contributed by atoms with Crippen LogP contribution in [-0.4, -0.2) is 67.5 Å². The summed E-state index contributed by atoms with van der Waals surface area (Å²) in [6, 6.07) is 21.1. The smallest absolute Gasteiger partial charge is 0.325 e. The second kappa shape index (κ2) is 9.62. The van der Waals surface area contributed by atoms with Crippen LogP contribution in [0.1, 0.15) is 18.1 Å². The molecule has 2 aliphatic rings. The van der Waals surface area contributed by atoms with E-state index in [2.05, 4.69) is 10.2 Å². The Labute approximate surface area is 210 Å². The number of benzene rings is 3. The first-order chi connectivity index (χ1) is 17.3. The van der Waals surface area contributed by atoms with E-state index in [1.54, 1.807) is 14.0 Å². The molecule has 1 N–H and O–H groups in total. The van der Waals surface area contributed by atoms with E-state index in [4.69, 9.17) is 4.74 Å². The van der Waals surface area contributed by atoms with E-state index in [1.807, 2.05) is 66.7 Å². The molecule has 0 bridgehead atoms. The molecule has 0 aliphatic carbocycles. The van der Waals surface area contributed by atoms with Gasteiger partial charge in [0, 0.05) is 32.4 Å². The highest BCUT2D eigenvalue weighted by Gasteiger charge is 2.49. The number of nitrogens with one attached hydrogen (secondary N) is 1. The molecule has 3 aromatic carbocycles. The van der Waals surface area contributed by atoms with Crippen molar-refractivity contribution in [1.29, 1.82) is 0 Å². The molecular weight excluding hydrogens is 456 g/mol.